The summed E-state index contributed by atoms with van der Waals surface area (Å²) in [5, 5.41) is 10.9. The zero-order valence-electron chi connectivity index (χ0n) is 9.70. The minimum atomic E-state index is -0.628. The van der Waals surface area contributed by atoms with Crippen LogP contribution in [0.3, 0.4) is 0 Å². The predicted molar refractivity (Wildman–Crippen MR) is 70.5 cm³/mol. The van der Waals surface area contributed by atoms with E-state index < -0.39 is 6.10 Å². The first-order valence-electron chi connectivity index (χ1n) is 5.42. The largest absolute Gasteiger partial charge is 0.388 e. The normalized spacial score (nSPS) is 14.6. The van der Waals surface area contributed by atoms with Crippen molar-refractivity contribution in [2.75, 3.05) is 13.7 Å². The van der Waals surface area contributed by atoms with Crippen LogP contribution in [0, 0.1) is 0 Å². The molecule has 0 amide bonds. The van der Waals surface area contributed by atoms with Gasteiger partial charge in [-0.05, 0) is 30.5 Å². The van der Waals surface area contributed by atoms with Crippen LogP contribution in [0.25, 0.3) is 0 Å². The Morgan fingerprint density at radius 1 is 1.35 bits per heavy atom. The third-order valence-electron chi connectivity index (χ3n) is 2.55. The molecule has 3 N–H and O–H groups in total. The number of nitrogens with two attached hydrogens (primary N) is 1. The summed E-state index contributed by atoms with van der Waals surface area (Å²) < 4.78 is 4.93. The molecule has 5 heteroatoms. The summed E-state index contributed by atoms with van der Waals surface area (Å²) in [5.41, 5.74) is 6.60. The number of methoxy groups -OCH3 is 1. The summed E-state index contributed by atoms with van der Waals surface area (Å²) in [5.74, 6) is 0. The average Bonchev–Trinajstić information content (AvgIpc) is 2.30. The Kier molecular flexibility index (Phi) is 6.23. The second-order valence-corrected chi connectivity index (χ2v) is 4.78. The molecule has 0 heterocycles. The van der Waals surface area contributed by atoms with Gasteiger partial charge < -0.3 is 15.6 Å². The molecular weight excluding hydrogens is 261 g/mol. The van der Waals surface area contributed by atoms with Gasteiger partial charge in [-0.25, -0.2) is 0 Å². The standard InChI is InChI=1S/C12H17Cl2NO2/c1-17-5-4-9(15)7-12(16)8-2-3-10(13)11(14)6-8/h2-3,6,9,12,16H,4-5,7,15H2,1H3. The molecule has 2 unspecified atom stereocenters. The van der Waals surface area contributed by atoms with Crippen molar-refractivity contribution in [2.45, 2.75) is 25.0 Å². The van der Waals surface area contributed by atoms with Crippen LogP contribution in [0.5, 0.6) is 0 Å². The van der Waals surface area contributed by atoms with E-state index in [1.165, 1.54) is 0 Å². The molecule has 2 atom stereocenters. The summed E-state index contributed by atoms with van der Waals surface area (Å²) in [6, 6.07) is 4.99. The number of rotatable bonds is 6. The van der Waals surface area contributed by atoms with Crippen molar-refractivity contribution >= 4 is 23.2 Å². The number of halogens is 2. The van der Waals surface area contributed by atoms with Crippen molar-refractivity contribution in [1.29, 1.82) is 0 Å². The van der Waals surface area contributed by atoms with E-state index in [9.17, 15) is 5.11 Å². The quantitative estimate of drug-likeness (QED) is 0.841. The summed E-state index contributed by atoms with van der Waals surface area (Å²) in [6.45, 7) is 0.593. The van der Waals surface area contributed by atoms with Crippen LogP contribution >= 0.6 is 23.2 Å². The lowest BCUT2D eigenvalue weighted by atomic mass is 10.0. The molecule has 0 saturated carbocycles. The predicted octanol–water partition coefficient (Wildman–Crippen LogP) is 2.78. The molecule has 0 fully saturated rings. The van der Waals surface area contributed by atoms with Crippen molar-refractivity contribution in [2.24, 2.45) is 5.73 Å². The molecule has 0 saturated heterocycles. The Bertz CT molecular complexity index is 360. The zero-order valence-corrected chi connectivity index (χ0v) is 11.2. The average molecular weight is 278 g/mol. The lowest BCUT2D eigenvalue weighted by Gasteiger charge is -2.16. The SMILES string of the molecule is COCCC(N)CC(O)c1ccc(Cl)c(Cl)c1. The minimum absolute atomic E-state index is 0.0978. The molecule has 1 aromatic rings. The van der Waals surface area contributed by atoms with Gasteiger partial charge in [-0.3, -0.25) is 0 Å². The molecule has 0 aliphatic rings. The van der Waals surface area contributed by atoms with E-state index in [-0.39, 0.29) is 6.04 Å². The third kappa shape index (κ3) is 4.82. The first-order valence-corrected chi connectivity index (χ1v) is 6.17. The first-order chi connectivity index (χ1) is 8.04. The lowest BCUT2D eigenvalue weighted by molar-refractivity contribution is 0.141. The number of benzene rings is 1. The van der Waals surface area contributed by atoms with Crippen LogP contribution in [-0.2, 0) is 4.74 Å². The molecule has 1 rings (SSSR count). The number of aliphatic hydroxyl groups is 1. The molecule has 1 aromatic carbocycles. The number of hydrogen-bond donors (Lipinski definition) is 2. The first kappa shape index (κ1) is 14.7. The summed E-state index contributed by atoms with van der Waals surface area (Å²) in [7, 11) is 1.63. The number of ether oxygens (including phenoxy) is 1. The smallest absolute Gasteiger partial charge is 0.0805 e. The molecular formula is C12H17Cl2NO2. The van der Waals surface area contributed by atoms with Gasteiger partial charge in [0.2, 0.25) is 0 Å². The van der Waals surface area contributed by atoms with E-state index in [2.05, 4.69) is 0 Å². The third-order valence-corrected chi connectivity index (χ3v) is 3.29. The summed E-state index contributed by atoms with van der Waals surface area (Å²) >= 11 is 11.7. The van der Waals surface area contributed by atoms with Crippen molar-refractivity contribution in [3.8, 4) is 0 Å². The monoisotopic (exact) mass is 277 g/mol. The molecule has 0 radical (unpaired) electrons. The molecule has 17 heavy (non-hydrogen) atoms. The van der Waals surface area contributed by atoms with Gasteiger partial charge >= 0.3 is 0 Å². The molecule has 0 aliphatic carbocycles. The molecule has 0 spiro atoms. The van der Waals surface area contributed by atoms with Crippen LogP contribution < -0.4 is 5.73 Å². The van der Waals surface area contributed by atoms with Gasteiger partial charge in [0.25, 0.3) is 0 Å². The molecule has 0 bridgehead atoms. The highest BCUT2D eigenvalue weighted by Gasteiger charge is 2.13. The second-order valence-electron chi connectivity index (χ2n) is 3.97. The van der Waals surface area contributed by atoms with E-state index >= 15 is 0 Å². The minimum Gasteiger partial charge on any atom is -0.388 e. The molecule has 96 valence electrons. The fourth-order valence-electron chi connectivity index (χ4n) is 1.53. The molecule has 0 aliphatic heterocycles. The fraction of sp³-hybridized carbons (Fsp3) is 0.500. The van der Waals surface area contributed by atoms with Gasteiger partial charge in [0.1, 0.15) is 0 Å². The van der Waals surface area contributed by atoms with Gasteiger partial charge in [0, 0.05) is 19.8 Å². The maximum Gasteiger partial charge on any atom is 0.0805 e. The number of aliphatic hydroxyl groups excluding tert-OH is 1. The molecule has 3 nitrogen and oxygen atoms in total. The zero-order chi connectivity index (χ0) is 12.8. The van der Waals surface area contributed by atoms with E-state index in [1.54, 1.807) is 25.3 Å². The highest BCUT2D eigenvalue weighted by molar-refractivity contribution is 6.42. The summed E-state index contributed by atoms with van der Waals surface area (Å²) in [6.07, 6.45) is 0.563. The van der Waals surface area contributed by atoms with Crippen molar-refractivity contribution in [1.82, 2.24) is 0 Å². The van der Waals surface area contributed by atoms with Crippen LogP contribution in [0.2, 0.25) is 10.0 Å². The topological polar surface area (TPSA) is 55.5 Å². The van der Waals surface area contributed by atoms with E-state index in [1.807, 2.05) is 0 Å². The maximum absolute atomic E-state index is 9.98. The Hall–Kier alpha value is -0.320. The van der Waals surface area contributed by atoms with Crippen molar-refractivity contribution in [3.05, 3.63) is 33.8 Å². The fourth-order valence-corrected chi connectivity index (χ4v) is 1.84. The Morgan fingerprint density at radius 3 is 2.65 bits per heavy atom. The van der Waals surface area contributed by atoms with Gasteiger partial charge in [-0.15, -0.1) is 0 Å². The number of hydrogen-bond acceptors (Lipinski definition) is 3. The Morgan fingerprint density at radius 2 is 2.06 bits per heavy atom. The van der Waals surface area contributed by atoms with Crippen LogP contribution in [-0.4, -0.2) is 24.9 Å². The van der Waals surface area contributed by atoms with Gasteiger partial charge in [0.15, 0.2) is 0 Å². The van der Waals surface area contributed by atoms with Gasteiger partial charge in [0.05, 0.1) is 16.1 Å². The Labute approximate surface area is 111 Å². The van der Waals surface area contributed by atoms with Crippen molar-refractivity contribution < 1.29 is 9.84 Å². The van der Waals surface area contributed by atoms with Crippen LogP contribution in [0.4, 0.5) is 0 Å². The van der Waals surface area contributed by atoms with Crippen molar-refractivity contribution in [3.63, 3.8) is 0 Å². The van der Waals surface area contributed by atoms with Gasteiger partial charge in [-0.1, -0.05) is 29.3 Å². The van der Waals surface area contributed by atoms with E-state index in [4.69, 9.17) is 33.7 Å². The van der Waals surface area contributed by atoms with E-state index in [0.717, 1.165) is 12.0 Å². The second kappa shape index (κ2) is 7.19. The highest BCUT2D eigenvalue weighted by Crippen LogP contribution is 2.27. The van der Waals surface area contributed by atoms with Gasteiger partial charge in [-0.2, -0.15) is 0 Å². The Balaban J connectivity index is 2.57. The van der Waals surface area contributed by atoms with E-state index in [0.29, 0.717) is 23.1 Å². The highest BCUT2D eigenvalue weighted by atomic mass is 35.5. The summed E-state index contributed by atoms with van der Waals surface area (Å²) in [4.78, 5) is 0. The van der Waals surface area contributed by atoms with Crippen LogP contribution in [0.1, 0.15) is 24.5 Å². The maximum atomic E-state index is 9.98. The van der Waals surface area contributed by atoms with Crippen LogP contribution in [0.15, 0.2) is 18.2 Å². The molecule has 0 aromatic heterocycles. The lowest BCUT2D eigenvalue weighted by Crippen LogP contribution is -2.24.